The Balaban J connectivity index is 1.84. The molecule has 0 aliphatic carbocycles. The third-order valence-electron chi connectivity index (χ3n) is 3.01. The Morgan fingerprint density at radius 2 is 2.29 bits per heavy atom. The van der Waals surface area contributed by atoms with Crippen molar-refractivity contribution < 1.29 is 0 Å². The summed E-state index contributed by atoms with van der Waals surface area (Å²) in [5, 5.41) is 12.0. The molecule has 0 radical (unpaired) electrons. The van der Waals surface area contributed by atoms with Gasteiger partial charge in [-0.3, -0.25) is 4.90 Å². The lowest BCUT2D eigenvalue weighted by molar-refractivity contribution is 0.242. The second-order valence-electron chi connectivity index (χ2n) is 4.34. The molecule has 1 aliphatic heterocycles. The van der Waals surface area contributed by atoms with E-state index >= 15 is 0 Å². The van der Waals surface area contributed by atoms with Crippen LogP contribution in [0, 0.1) is 18.3 Å². The minimum absolute atomic E-state index is 0.458. The van der Waals surface area contributed by atoms with Crippen molar-refractivity contribution in [3.63, 3.8) is 0 Å². The summed E-state index contributed by atoms with van der Waals surface area (Å²) >= 11 is 0. The molecule has 1 fully saturated rings. The fraction of sp³-hybridized carbons (Fsp3) is 0.583. The van der Waals surface area contributed by atoms with Crippen LogP contribution < -0.4 is 5.32 Å². The van der Waals surface area contributed by atoms with Crippen LogP contribution in [-0.2, 0) is 0 Å². The van der Waals surface area contributed by atoms with Gasteiger partial charge in [0.15, 0.2) is 0 Å². The zero-order valence-electron chi connectivity index (χ0n) is 10.1. The highest BCUT2D eigenvalue weighted by Crippen LogP contribution is 2.14. The van der Waals surface area contributed by atoms with Crippen LogP contribution in [0.4, 0.5) is 5.82 Å². The topological polar surface area (TPSA) is 64.8 Å². The number of likely N-dealkylation sites (tertiary alicyclic amines) is 1. The van der Waals surface area contributed by atoms with Crippen LogP contribution in [-0.4, -0.2) is 40.5 Å². The molecular formula is C12H17N5. The van der Waals surface area contributed by atoms with E-state index in [0.29, 0.717) is 12.6 Å². The van der Waals surface area contributed by atoms with Gasteiger partial charge in [0.25, 0.3) is 0 Å². The Hall–Kier alpha value is -1.67. The van der Waals surface area contributed by atoms with E-state index in [-0.39, 0.29) is 0 Å². The number of anilines is 1. The second-order valence-corrected chi connectivity index (χ2v) is 4.34. The molecule has 0 saturated carbocycles. The number of hydrogen-bond donors (Lipinski definition) is 1. The number of nitriles is 1. The number of nitrogens with zero attached hydrogens (tertiary/aromatic N) is 4. The molecule has 5 nitrogen and oxygen atoms in total. The Kier molecular flexibility index (Phi) is 3.89. The van der Waals surface area contributed by atoms with Gasteiger partial charge in [0.2, 0.25) is 0 Å². The molecule has 1 N–H and O–H groups in total. The van der Waals surface area contributed by atoms with Crippen molar-refractivity contribution in [1.29, 1.82) is 5.26 Å². The van der Waals surface area contributed by atoms with Crippen molar-refractivity contribution in [3.8, 4) is 6.07 Å². The molecule has 17 heavy (non-hydrogen) atoms. The predicted molar refractivity (Wildman–Crippen MR) is 65.5 cm³/mol. The quantitative estimate of drug-likeness (QED) is 0.791. The highest BCUT2D eigenvalue weighted by molar-refractivity contribution is 5.34. The van der Waals surface area contributed by atoms with Crippen LogP contribution in [0.5, 0.6) is 0 Å². The molecule has 0 amide bonds. The second kappa shape index (κ2) is 5.60. The van der Waals surface area contributed by atoms with Crippen molar-refractivity contribution >= 4 is 5.82 Å². The predicted octanol–water partition coefficient (Wildman–Crippen LogP) is 1.18. The number of aromatic nitrogens is 2. The van der Waals surface area contributed by atoms with E-state index in [1.54, 1.807) is 6.20 Å². The first-order valence-electron chi connectivity index (χ1n) is 5.93. The van der Waals surface area contributed by atoms with Crippen molar-refractivity contribution in [2.75, 3.05) is 25.0 Å². The molecular weight excluding hydrogens is 214 g/mol. The molecule has 90 valence electrons. The van der Waals surface area contributed by atoms with E-state index in [1.165, 1.54) is 0 Å². The van der Waals surface area contributed by atoms with Gasteiger partial charge in [0, 0.05) is 25.3 Å². The highest BCUT2D eigenvalue weighted by Gasteiger charge is 2.18. The average Bonchev–Trinajstić information content (AvgIpc) is 2.32. The highest BCUT2D eigenvalue weighted by atomic mass is 15.1. The first-order valence-corrected chi connectivity index (χ1v) is 5.93. The normalized spacial score (nSPS) is 17.6. The Bertz CT molecular complexity index is 404. The molecule has 0 spiro atoms. The maximum absolute atomic E-state index is 8.63. The third-order valence-corrected chi connectivity index (χ3v) is 3.01. The lowest BCUT2D eigenvalue weighted by Crippen LogP contribution is -2.39. The molecule has 0 atom stereocenters. The van der Waals surface area contributed by atoms with Gasteiger partial charge < -0.3 is 5.32 Å². The van der Waals surface area contributed by atoms with E-state index in [4.69, 9.17) is 5.26 Å². The van der Waals surface area contributed by atoms with E-state index < -0.39 is 0 Å². The number of aryl methyl sites for hydroxylation is 1. The zero-order valence-corrected chi connectivity index (χ0v) is 10.1. The summed E-state index contributed by atoms with van der Waals surface area (Å²) in [5.41, 5.74) is 0. The number of rotatable bonds is 3. The maximum Gasteiger partial charge on any atom is 0.129 e. The molecule has 2 heterocycles. The number of piperidine rings is 1. The van der Waals surface area contributed by atoms with Gasteiger partial charge in [-0.1, -0.05) is 0 Å². The fourth-order valence-corrected chi connectivity index (χ4v) is 2.08. The van der Waals surface area contributed by atoms with Gasteiger partial charge in [-0.25, -0.2) is 9.97 Å². The monoisotopic (exact) mass is 231 g/mol. The lowest BCUT2D eigenvalue weighted by Gasteiger charge is -2.30. The van der Waals surface area contributed by atoms with Gasteiger partial charge in [0.05, 0.1) is 12.6 Å². The minimum Gasteiger partial charge on any atom is -0.367 e. The molecule has 0 unspecified atom stereocenters. The van der Waals surface area contributed by atoms with Crippen molar-refractivity contribution in [2.45, 2.75) is 25.8 Å². The van der Waals surface area contributed by atoms with E-state index in [2.05, 4.69) is 26.3 Å². The number of nitrogens with one attached hydrogen (secondary N) is 1. The molecule has 2 rings (SSSR count). The third kappa shape index (κ3) is 3.40. The zero-order chi connectivity index (χ0) is 12.1. The first kappa shape index (κ1) is 11.8. The molecule has 1 aliphatic rings. The number of hydrogen-bond acceptors (Lipinski definition) is 5. The first-order chi connectivity index (χ1) is 8.28. The summed E-state index contributed by atoms with van der Waals surface area (Å²) in [6.45, 7) is 4.39. The maximum atomic E-state index is 8.63. The van der Waals surface area contributed by atoms with Crippen LogP contribution in [0.3, 0.4) is 0 Å². The summed E-state index contributed by atoms with van der Waals surface area (Å²) in [4.78, 5) is 10.6. The molecule has 1 saturated heterocycles. The van der Waals surface area contributed by atoms with Crippen molar-refractivity contribution in [1.82, 2.24) is 14.9 Å². The smallest absolute Gasteiger partial charge is 0.129 e. The van der Waals surface area contributed by atoms with Gasteiger partial charge in [-0.2, -0.15) is 5.26 Å². The summed E-state index contributed by atoms with van der Waals surface area (Å²) in [5.74, 6) is 1.69. The lowest BCUT2D eigenvalue weighted by atomic mass is 10.1. The van der Waals surface area contributed by atoms with E-state index in [1.807, 2.05) is 13.0 Å². The SMILES string of the molecule is Cc1nccc(NC2CCN(CC#N)CC2)n1. The van der Waals surface area contributed by atoms with Crippen molar-refractivity contribution in [2.24, 2.45) is 0 Å². The molecule has 0 bridgehead atoms. The Morgan fingerprint density at radius 3 is 2.94 bits per heavy atom. The molecule has 5 heteroatoms. The standard InChI is InChI=1S/C12H17N5/c1-10-14-6-2-12(15-10)16-11-3-7-17(8-4-11)9-5-13/h2,6,11H,3-4,7-9H2,1H3,(H,14,15,16). The Morgan fingerprint density at radius 1 is 1.53 bits per heavy atom. The molecule has 1 aromatic rings. The Labute approximate surface area is 101 Å². The van der Waals surface area contributed by atoms with Crippen LogP contribution in [0.2, 0.25) is 0 Å². The largest absolute Gasteiger partial charge is 0.367 e. The van der Waals surface area contributed by atoms with Gasteiger partial charge in [-0.15, -0.1) is 0 Å². The van der Waals surface area contributed by atoms with Gasteiger partial charge >= 0.3 is 0 Å². The van der Waals surface area contributed by atoms with Crippen LogP contribution in [0.15, 0.2) is 12.3 Å². The van der Waals surface area contributed by atoms with Crippen LogP contribution in [0.1, 0.15) is 18.7 Å². The average molecular weight is 231 g/mol. The van der Waals surface area contributed by atoms with E-state index in [0.717, 1.165) is 37.6 Å². The summed E-state index contributed by atoms with van der Waals surface area (Å²) < 4.78 is 0. The summed E-state index contributed by atoms with van der Waals surface area (Å²) in [6, 6.07) is 4.55. The fourth-order valence-electron chi connectivity index (χ4n) is 2.08. The summed E-state index contributed by atoms with van der Waals surface area (Å²) in [6.07, 6.45) is 3.89. The van der Waals surface area contributed by atoms with Crippen molar-refractivity contribution in [3.05, 3.63) is 18.1 Å². The minimum atomic E-state index is 0.458. The van der Waals surface area contributed by atoms with Crippen LogP contribution in [0.25, 0.3) is 0 Å². The van der Waals surface area contributed by atoms with Crippen LogP contribution >= 0.6 is 0 Å². The molecule has 1 aromatic heterocycles. The van der Waals surface area contributed by atoms with Gasteiger partial charge in [-0.05, 0) is 25.8 Å². The van der Waals surface area contributed by atoms with E-state index in [9.17, 15) is 0 Å². The summed E-state index contributed by atoms with van der Waals surface area (Å²) in [7, 11) is 0. The molecule has 0 aromatic carbocycles. The van der Waals surface area contributed by atoms with Gasteiger partial charge in [0.1, 0.15) is 11.6 Å².